The molecule has 1 amide bonds. The lowest BCUT2D eigenvalue weighted by Crippen LogP contribution is -2.46. The lowest BCUT2D eigenvalue weighted by Gasteiger charge is -2.38. The molecule has 9 nitrogen and oxygen atoms in total. The minimum atomic E-state index is -0.120. The number of nitrogens with zero attached hydrogens (tertiary/aromatic N) is 5. The molecule has 0 radical (unpaired) electrons. The number of anilines is 1. The quantitative estimate of drug-likeness (QED) is 0.366. The Kier molecular flexibility index (Phi) is 6.98. The van der Waals surface area contributed by atoms with Crippen LogP contribution in [0.2, 0.25) is 0 Å². The Bertz CT molecular complexity index is 1510. The van der Waals surface area contributed by atoms with Crippen molar-refractivity contribution in [2.24, 2.45) is 5.41 Å². The molecule has 7 rings (SSSR count). The molecule has 41 heavy (non-hydrogen) atoms. The summed E-state index contributed by atoms with van der Waals surface area (Å²) < 4.78 is 13.4. The minimum Gasteiger partial charge on any atom is -0.508 e. The predicted molar refractivity (Wildman–Crippen MR) is 164 cm³/mol. The number of hydrogen-bond donors (Lipinski definition) is 1. The van der Waals surface area contributed by atoms with Gasteiger partial charge in [-0.1, -0.05) is 12.1 Å². The predicted octanol–water partition coefficient (Wildman–Crippen LogP) is 4.57. The lowest BCUT2D eigenvalue weighted by atomic mass is 9.98. The number of halogens is 1. The molecule has 0 bridgehead atoms. The van der Waals surface area contributed by atoms with E-state index in [1.807, 2.05) is 23.1 Å². The van der Waals surface area contributed by atoms with Crippen LogP contribution in [0.3, 0.4) is 0 Å². The van der Waals surface area contributed by atoms with Gasteiger partial charge in [-0.3, -0.25) is 4.79 Å². The second-order valence-corrected chi connectivity index (χ2v) is 13.5. The molecule has 3 aromatic rings. The number of amides is 1. The van der Waals surface area contributed by atoms with Crippen molar-refractivity contribution < 1.29 is 19.4 Å². The first-order valence-electron chi connectivity index (χ1n) is 14.6. The molecule has 2 aromatic carbocycles. The van der Waals surface area contributed by atoms with Crippen molar-refractivity contribution >= 4 is 45.1 Å². The zero-order chi connectivity index (χ0) is 28.3. The monoisotopic (exact) mass is 669 g/mol. The molecule has 10 heteroatoms. The number of rotatable bonds is 7. The van der Waals surface area contributed by atoms with Crippen molar-refractivity contribution in [2.45, 2.75) is 57.3 Å². The topological polar surface area (TPSA) is 91.3 Å². The van der Waals surface area contributed by atoms with Gasteiger partial charge in [0.15, 0.2) is 0 Å². The molecule has 4 aliphatic rings. The third-order valence-electron chi connectivity index (χ3n) is 9.02. The SMILES string of the molecule is CN(C)CC1(COc2nc3c(c(N4CCCC5OCCC54)n2)CN(C(=O)c2cc(O)cc4cccc(I)c24)C3)CC1. The van der Waals surface area contributed by atoms with Gasteiger partial charge in [0.25, 0.3) is 5.91 Å². The maximum absolute atomic E-state index is 14.1. The maximum atomic E-state index is 14.1. The van der Waals surface area contributed by atoms with Gasteiger partial charge in [0, 0.05) is 39.6 Å². The first-order chi connectivity index (χ1) is 19.8. The van der Waals surface area contributed by atoms with Gasteiger partial charge >= 0.3 is 6.01 Å². The summed E-state index contributed by atoms with van der Waals surface area (Å²) in [5.41, 5.74) is 2.50. The van der Waals surface area contributed by atoms with E-state index in [2.05, 4.69) is 46.5 Å². The highest BCUT2D eigenvalue weighted by atomic mass is 127. The van der Waals surface area contributed by atoms with Crippen LogP contribution >= 0.6 is 22.6 Å². The van der Waals surface area contributed by atoms with E-state index in [1.165, 1.54) is 0 Å². The van der Waals surface area contributed by atoms with Gasteiger partial charge in [0.2, 0.25) is 0 Å². The maximum Gasteiger partial charge on any atom is 0.318 e. The number of fused-ring (bicyclic) bond motifs is 3. The van der Waals surface area contributed by atoms with Crippen LogP contribution in [0.1, 0.15) is 53.7 Å². The van der Waals surface area contributed by atoms with Crippen molar-refractivity contribution in [1.29, 1.82) is 0 Å². The van der Waals surface area contributed by atoms with Crippen LogP contribution in [0.4, 0.5) is 5.82 Å². The van der Waals surface area contributed by atoms with E-state index < -0.39 is 0 Å². The van der Waals surface area contributed by atoms with Gasteiger partial charge in [-0.2, -0.15) is 9.97 Å². The summed E-state index contributed by atoms with van der Waals surface area (Å²) in [5.74, 6) is 0.849. The zero-order valence-electron chi connectivity index (χ0n) is 23.6. The highest BCUT2D eigenvalue weighted by Gasteiger charge is 2.45. The number of carbonyl (C=O) groups excluding carboxylic acids is 1. The van der Waals surface area contributed by atoms with Crippen molar-refractivity contribution in [1.82, 2.24) is 19.8 Å². The fraction of sp³-hybridized carbons (Fsp3) is 0.516. The van der Waals surface area contributed by atoms with Crippen molar-refractivity contribution in [3.63, 3.8) is 0 Å². The molecular formula is C31H36IN5O4. The summed E-state index contributed by atoms with van der Waals surface area (Å²) in [6.07, 6.45) is 5.59. The number of hydrogen-bond acceptors (Lipinski definition) is 8. The molecule has 216 valence electrons. The number of ether oxygens (including phenoxy) is 2. The van der Waals surface area contributed by atoms with E-state index in [0.29, 0.717) is 31.3 Å². The van der Waals surface area contributed by atoms with E-state index in [-0.39, 0.29) is 29.2 Å². The smallest absolute Gasteiger partial charge is 0.318 e. The Morgan fingerprint density at radius 1 is 1.22 bits per heavy atom. The normalized spacial score (nSPS) is 22.7. The minimum absolute atomic E-state index is 0.0862. The highest BCUT2D eigenvalue weighted by molar-refractivity contribution is 14.1. The number of aromatic nitrogens is 2. The van der Waals surface area contributed by atoms with Crippen molar-refractivity contribution in [3.8, 4) is 11.8 Å². The Labute approximate surface area is 254 Å². The van der Waals surface area contributed by atoms with Gasteiger partial charge in [-0.15, -0.1) is 0 Å². The molecule has 1 saturated carbocycles. The van der Waals surface area contributed by atoms with Crippen LogP contribution in [-0.2, 0) is 17.8 Å². The Balaban J connectivity index is 1.23. The van der Waals surface area contributed by atoms with Crippen molar-refractivity contribution in [2.75, 3.05) is 45.3 Å². The standard InChI is InChI=1S/C31H36IN5O4/c1-35(2)17-31(9-10-31)18-41-30-33-24-16-36(29(39)21-14-20(38)13-19-5-3-6-23(32)27(19)21)15-22(24)28(34-30)37-11-4-7-26-25(37)8-12-40-26/h3,5-6,13-14,25-26,38H,4,7-12,15-18H2,1-2H3. The van der Waals surface area contributed by atoms with Gasteiger partial charge in [-0.05, 0) is 92.4 Å². The molecule has 2 atom stereocenters. The van der Waals surface area contributed by atoms with E-state index >= 15 is 0 Å². The largest absolute Gasteiger partial charge is 0.508 e. The molecule has 3 aliphatic heterocycles. The number of benzene rings is 2. The number of piperidine rings is 1. The molecule has 2 saturated heterocycles. The van der Waals surface area contributed by atoms with Crippen LogP contribution in [0.5, 0.6) is 11.8 Å². The van der Waals surface area contributed by atoms with Crippen LogP contribution in [0.25, 0.3) is 10.8 Å². The first-order valence-corrected chi connectivity index (χ1v) is 15.6. The fourth-order valence-electron chi connectivity index (χ4n) is 6.94. The third-order valence-corrected chi connectivity index (χ3v) is 9.92. The average Bonchev–Trinajstić information content (AvgIpc) is 3.32. The fourth-order valence-corrected chi connectivity index (χ4v) is 7.75. The summed E-state index contributed by atoms with van der Waals surface area (Å²) in [4.78, 5) is 30.4. The first kappa shape index (κ1) is 27.2. The van der Waals surface area contributed by atoms with Gasteiger partial charge < -0.3 is 29.3 Å². The highest BCUT2D eigenvalue weighted by Crippen LogP contribution is 2.46. The van der Waals surface area contributed by atoms with Gasteiger partial charge in [0.1, 0.15) is 11.6 Å². The number of phenols is 1. The third kappa shape index (κ3) is 5.12. The van der Waals surface area contributed by atoms with Crippen LogP contribution in [0, 0.1) is 8.99 Å². The zero-order valence-corrected chi connectivity index (χ0v) is 25.8. The van der Waals surface area contributed by atoms with E-state index in [9.17, 15) is 9.90 Å². The van der Waals surface area contributed by atoms with E-state index in [0.717, 1.165) is 83.2 Å². The molecule has 1 aromatic heterocycles. The molecule has 1 N–H and O–H groups in total. The Hall–Kier alpha value is -2.70. The summed E-state index contributed by atoms with van der Waals surface area (Å²) in [6.45, 7) is 4.04. The second-order valence-electron chi connectivity index (χ2n) is 12.4. The average molecular weight is 670 g/mol. The lowest BCUT2D eigenvalue weighted by molar-refractivity contribution is 0.0751. The molecular weight excluding hydrogens is 633 g/mol. The van der Waals surface area contributed by atoms with E-state index in [1.54, 1.807) is 12.1 Å². The Morgan fingerprint density at radius 2 is 2.07 bits per heavy atom. The van der Waals surface area contributed by atoms with E-state index in [4.69, 9.17) is 19.4 Å². The number of phenolic OH excluding ortho intramolecular Hbond substituents is 1. The molecule has 2 unspecified atom stereocenters. The molecule has 0 spiro atoms. The summed E-state index contributed by atoms with van der Waals surface area (Å²) >= 11 is 2.26. The van der Waals surface area contributed by atoms with Crippen molar-refractivity contribution in [3.05, 3.63) is 50.7 Å². The van der Waals surface area contributed by atoms with Gasteiger partial charge in [-0.25, -0.2) is 0 Å². The molecule has 4 heterocycles. The number of aromatic hydroxyl groups is 1. The van der Waals surface area contributed by atoms with Gasteiger partial charge in [0.05, 0.1) is 43.1 Å². The Morgan fingerprint density at radius 3 is 2.88 bits per heavy atom. The van der Waals surface area contributed by atoms with Crippen LogP contribution < -0.4 is 9.64 Å². The number of carbonyl (C=O) groups is 1. The molecule has 1 aliphatic carbocycles. The second kappa shape index (κ2) is 10.5. The summed E-state index contributed by atoms with van der Waals surface area (Å²) in [5, 5.41) is 12.2. The summed E-state index contributed by atoms with van der Waals surface area (Å²) in [6, 6.07) is 9.83. The van der Waals surface area contributed by atoms with Crippen LogP contribution in [-0.4, -0.2) is 83.3 Å². The molecule has 3 fully saturated rings. The van der Waals surface area contributed by atoms with Crippen LogP contribution in [0.15, 0.2) is 30.3 Å². The summed E-state index contributed by atoms with van der Waals surface area (Å²) in [7, 11) is 4.20.